The van der Waals surface area contributed by atoms with E-state index in [0.29, 0.717) is 11.8 Å². The molecule has 0 amide bonds. The molecule has 1 aromatic carbocycles. The summed E-state index contributed by atoms with van der Waals surface area (Å²) in [6.07, 6.45) is 4.10. The van der Waals surface area contributed by atoms with Gasteiger partial charge in [0.05, 0.1) is 0 Å². The number of aliphatic hydroxyl groups is 1. The highest BCUT2D eigenvalue weighted by Gasteiger charge is 2.10. The largest absolute Gasteiger partial charge is 0.396 e. The van der Waals surface area contributed by atoms with Gasteiger partial charge in [-0.2, -0.15) is 0 Å². The second-order valence-corrected chi connectivity index (χ2v) is 6.74. The zero-order valence-corrected chi connectivity index (χ0v) is 18.3. The van der Waals surface area contributed by atoms with Crippen molar-refractivity contribution in [2.75, 3.05) is 26.2 Å². The van der Waals surface area contributed by atoms with Crippen LogP contribution in [0.5, 0.6) is 0 Å². The molecule has 144 valence electrons. The number of aryl methyl sites for hydroxylation is 1. The molecule has 4 nitrogen and oxygen atoms in total. The lowest BCUT2D eigenvalue weighted by atomic mass is 9.94. The van der Waals surface area contributed by atoms with E-state index in [1.54, 1.807) is 0 Å². The lowest BCUT2D eigenvalue weighted by Crippen LogP contribution is -2.38. The van der Waals surface area contributed by atoms with Gasteiger partial charge in [-0.1, -0.05) is 44.2 Å². The molecule has 25 heavy (non-hydrogen) atoms. The summed E-state index contributed by atoms with van der Waals surface area (Å²) < 4.78 is 0. The summed E-state index contributed by atoms with van der Waals surface area (Å²) in [6, 6.07) is 10.6. The predicted molar refractivity (Wildman–Crippen MR) is 119 cm³/mol. The molecule has 0 saturated heterocycles. The zero-order valence-electron chi connectivity index (χ0n) is 16.0. The van der Waals surface area contributed by atoms with Crippen LogP contribution in [0.1, 0.15) is 45.6 Å². The molecule has 1 aromatic rings. The van der Waals surface area contributed by atoms with Crippen molar-refractivity contribution in [3.05, 3.63) is 35.9 Å². The van der Waals surface area contributed by atoms with Crippen LogP contribution in [0, 0.1) is 11.8 Å². The van der Waals surface area contributed by atoms with Crippen LogP contribution in [0.4, 0.5) is 0 Å². The summed E-state index contributed by atoms with van der Waals surface area (Å²) in [5.41, 5.74) is 1.38. The first-order valence-corrected chi connectivity index (χ1v) is 9.32. The van der Waals surface area contributed by atoms with Crippen molar-refractivity contribution >= 4 is 29.9 Å². The van der Waals surface area contributed by atoms with Gasteiger partial charge in [-0.15, -0.1) is 24.0 Å². The molecule has 0 aliphatic carbocycles. The Morgan fingerprint density at radius 2 is 1.88 bits per heavy atom. The van der Waals surface area contributed by atoms with Crippen LogP contribution in [0.25, 0.3) is 0 Å². The second-order valence-electron chi connectivity index (χ2n) is 6.74. The summed E-state index contributed by atoms with van der Waals surface area (Å²) in [6.45, 7) is 9.32. The molecule has 0 spiro atoms. The normalized spacial score (nSPS) is 12.6. The molecule has 0 aromatic heterocycles. The van der Waals surface area contributed by atoms with Crippen LogP contribution in [0.2, 0.25) is 0 Å². The number of nitrogens with one attached hydrogen (secondary N) is 2. The van der Waals surface area contributed by atoms with Crippen molar-refractivity contribution < 1.29 is 5.11 Å². The van der Waals surface area contributed by atoms with Crippen molar-refractivity contribution in [1.82, 2.24) is 10.6 Å². The third-order valence-electron chi connectivity index (χ3n) is 3.97. The fourth-order valence-electron chi connectivity index (χ4n) is 2.84. The van der Waals surface area contributed by atoms with E-state index < -0.39 is 0 Å². The summed E-state index contributed by atoms with van der Waals surface area (Å²) in [7, 11) is 0. The van der Waals surface area contributed by atoms with Crippen molar-refractivity contribution in [1.29, 1.82) is 0 Å². The first-order chi connectivity index (χ1) is 11.7. The summed E-state index contributed by atoms with van der Waals surface area (Å²) in [4.78, 5) is 4.71. The molecule has 0 aliphatic rings. The van der Waals surface area contributed by atoms with Crippen LogP contribution < -0.4 is 10.6 Å². The van der Waals surface area contributed by atoms with E-state index >= 15 is 0 Å². The van der Waals surface area contributed by atoms with E-state index in [1.807, 2.05) is 0 Å². The van der Waals surface area contributed by atoms with E-state index in [-0.39, 0.29) is 30.6 Å². The quantitative estimate of drug-likeness (QED) is 0.203. The van der Waals surface area contributed by atoms with Gasteiger partial charge in [0, 0.05) is 26.2 Å². The molecule has 1 unspecified atom stereocenters. The molecule has 0 radical (unpaired) electrons. The molecule has 0 fully saturated rings. The smallest absolute Gasteiger partial charge is 0.191 e. The minimum absolute atomic E-state index is 0. The Bertz CT molecular complexity index is 452. The third kappa shape index (κ3) is 12.2. The standard InChI is InChI=1S/C20H35N3O.HI/c1-4-21-20(23-16-19(12-14-24)15-17(2)3)22-13-8-11-18-9-6-5-7-10-18;/h5-7,9-10,17,19,24H,4,8,11-16H2,1-3H3,(H2,21,22,23);1H. The van der Waals surface area contributed by atoms with Gasteiger partial charge in [-0.3, -0.25) is 4.99 Å². The topological polar surface area (TPSA) is 56.7 Å². The fraction of sp³-hybridized carbons (Fsp3) is 0.650. The van der Waals surface area contributed by atoms with E-state index in [0.717, 1.165) is 51.3 Å². The van der Waals surface area contributed by atoms with E-state index in [2.05, 4.69) is 61.7 Å². The van der Waals surface area contributed by atoms with Gasteiger partial charge in [-0.05, 0) is 50.0 Å². The molecule has 3 N–H and O–H groups in total. The maximum atomic E-state index is 9.22. The molecule has 0 saturated carbocycles. The van der Waals surface area contributed by atoms with Gasteiger partial charge in [0.2, 0.25) is 0 Å². The first kappa shape index (κ1) is 24.2. The predicted octanol–water partition coefficient (Wildman–Crippen LogP) is 3.84. The lowest BCUT2D eigenvalue weighted by molar-refractivity contribution is 0.245. The number of hydrogen-bond donors (Lipinski definition) is 3. The Balaban J connectivity index is 0.00000576. The van der Waals surface area contributed by atoms with Gasteiger partial charge >= 0.3 is 0 Å². The molecule has 1 rings (SSSR count). The highest BCUT2D eigenvalue weighted by molar-refractivity contribution is 14.0. The molecule has 5 heteroatoms. The number of aliphatic imine (C=N–C) groups is 1. The van der Waals surface area contributed by atoms with Crippen molar-refractivity contribution in [2.24, 2.45) is 16.8 Å². The molecule has 0 bridgehead atoms. The average molecular weight is 461 g/mol. The minimum atomic E-state index is 0. The number of rotatable bonds is 11. The number of hydrogen-bond acceptors (Lipinski definition) is 2. The zero-order chi connectivity index (χ0) is 17.6. The first-order valence-electron chi connectivity index (χ1n) is 9.32. The third-order valence-corrected chi connectivity index (χ3v) is 3.97. The molecule has 0 heterocycles. The molecular weight excluding hydrogens is 425 g/mol. The van der Waals surface area contributed by atoms with Gasteiger partial charge in [0.15, 0.2) is 5.96 Å². The molecular formula is C20H36IN3O. The van der Waals surface area contributed by atoms with Crippen LogP contribution in [0.15, 0.2) is 35.3 Å². The molecule has 1 atom stereocenters. The van der Waals surface area contributed by atoms with Gasteiger partial charge in [-0.25, -0.2) is 0 Å². The van der Waals surface area contributed by atoms with Crippen molar-refractivity contribution in [3.63, 3.8) is 0 Å². The van der Waals surface area contributed by atoms with Crippen LogP contribution in [-0.2, 0) is 6.42 Å². The Morgan fingerprint density at radius 1 is 1.16 bits per heavy atom. The Kier molecular flexibility index (Phi) is 14.9. The van der Waals surface area contributed by atoms with E-state index in [4.69, 9.17) is 4.99 Å². The van der Waals surface area contributed by atoms with E-state index in [9.17, 15) is 5.11 Å². The summed E-state index contributed by atoms with van der Waals surface area (Å²) in [5.74, 6) is 1.98. The summed E-state index contributed by atoms with van der Waals surface area (Å²) in [5, 5.41) is 15.9. The Labute approximate surface area is 170 Å². The number of nitrogens with zero attached hydrogens (tertiary/aromatic N) is 1. The van der Waals surface area contributed by atoms with Crippen molar-refractivity contribution in [3.8, 4) is 0 Å². The van der Waals surface area contributed by atoms with Gasteiger partial charge in [0.25, 0.3) is 0 Å². The SMILES string of the molecule is CCNC(=NCC(CCO)CC(C)C)NCCCc1ccccc1.I. The minimum Gasteiger partial charge on any atom is -0.396 e. The number of guanidine groups is 1. The maximum absolute atomic E-state index is 9.22. The van der Waals surface area contributed by atoms with Gasteiger partial charge in [0.1, 0.15) is 0 Å². The van der Waals surface area contributed by atoms with Crippen LogP contribution >= 0.6 is 24.0 Å². The fourth-order valence-corrected chi connectivity index (χ4v) is 2.84. The average Bonchev–Trinajstić information content (AvgIpc) is 2.57. The highest BCUT2D eigenvalue weighted by atomic mass is 127. The van der Waals surface area contributed by atoms with Crippen LogP contribution in [0.3, 0.4) is 0 Å². The number of benzene rings is 1. The van der Waals surface area contributed by atoms with Gasteiger partial charge < -0.3 is 15.7 Å². The van der Waals surface area contributed by atoms with Crippen molar-refractivity contribution in [2.45, 2.75) is 46.5 Å². The molecule has 0 aliphatic heterocycles. The Morgan fingerprint density at radius 3 is 2.48 bits per heavy atom. The maximum Gasteiger partial charge on any atom is 0.191 e. The number of aliphatic hydroxyl groups excluding tert-OH is 1. The highest BCUT2D eigenvalue weighted by Crippen LogP contribution is 2.15. The Hall–Kier alpha value is -0.820. The summed E-state index contributed by atoms with van der Waals surface area (Å²) >= 11 is 0. The number of halogens is 1. The van der Waals surface area contributed by atoms with E-state index in [1.165, 1.54) is 5.56 Å². The second kappa shape index (κ2) is 15.4. The monoisotopic (exact) mass is 461 g/mol. The van der Waals surface area contributed by atoms with Crippen LogP contribution in [-0.4, -0.2) is 37.3 Å². The lowest BCUT2D eigenvalue weighted by Gasteiger charge is -2.17.